The van der Waals surface area contributed by atoms with Crippen LogP contribution in [0.3, 0.4) is 0 Å². The molecule has 2 rings (SSSR count). The molecule has 84 valence electrons. The van der Waals surface area contributed by atoms with E-state index in [1.165, 1.54) is 0 Å². The summed E-state index contributed by atoms with van der Waals surface area (Å²) in [5.74, 6) is 0. The number of halogens is 1. The first-order chi connectivity index (χ1) is 7.03. The summed E-state index contributed by atoms with van der Waals surface area (Å²) in [6.45, 7) is 0. The standard InChI is InChI=1S/C10H16ClN3O/c1-14-6-13-9(11)8(14)10(12)4-2-7(15)3-5-10/h6-7,15H,2-5,12H2,1H3. The van der Waals surface area contributed by atoms with Gasteiger partial charge in [0, 0.05) is 7.05 Å². The van der Waals surface area contributed by atoms with Crippen LogP contribution in [0.25, 0.3) is 0 Å². The number of nitrogens with two attached hydrogens (primary N) is 1. The lowest BCUT2D eigenvalue weighted by Gasteiger charge is -2.35. The topological polar surface area (TPSA) is 64.1 Å². The van der Waals surface area contributed by atoms with Crippen molar-refractivity contribution in [3.8, 4) is 0 Å². The number of aryl methyl sites for hydroxylation is 1. The number of imidazole rings is 1. The molecule has 3 N–H and O–H groups in total. The van der Waals surface area contributed by atoms with Gasteiger partial charge in [-0.25, -0.2) is 4.98 Å². The summed E-state index contributed by atoms with van der Waals surface area (Å²) in [4.78, 5) is 4.04. The van der Waals surface area contributed by atoms with E-state index in [0.717, 1.165) is 31.4 Å². The molecule has 0 amide bonds. The first kappa shape index (κ1) is 10.9. The molecule has 0 radical (unpaired) electrons. The molecule has 1 aromatic heterocycles. The molecule has 1 saturated carbocycles. The van der Waals surface area contributed by atoms with Gasteiger partial charge in [0.1, 0.15) is 0 Å². The Balaban J connectivity index is 2.30. The minimum atomic E-state index is -0.429. The van der Waals surface area contributed by atoms with Crippen molar-refractivity contribution in [1.29, 1.82) is 0 Å². The Morgan fingerprint density at radius 1 is 1.60 bits per heavy atom. The Morgan fingerprint density at radius 3 is 2.67 bits per heavy atom. The maximum atomic E-state index is 9.47. The van der Waals surface area contributed by atoms with E-state index in [0.29, 0.717) is 5.15 Å². The molecule has 0 aromatic carbocycles. The third kappa shape index (κ3) is 1.89. The van der Waals surface area contributed by atoms with E-state index >= 15 is 0 Å². The summed E-state index contributed by atoms with van der Waals surface area (Å²) in [6.07, 6.45) is 4.45. The minimum absolute atomic E-state index is 0.214. The van der Waals surface area contributed by atoms with E-state index in [4.69, 9.17) is 17.3 Å². The molecule has 0 unspecified atom stereocenters. The molecule has 0 bridgehead atoms. The molecule has 1 aliphatic carbocycles. The van der Waals surface area contributed by atoms with Gasteiger partial charge >= 0.3 is 0 Å². The van der Waals surface area contributed by atoms with Gasteiger partial charge in [0.15, 0.2) is 5.15 Å². The van der Waals surface area contributed by atoms with E-state index in [1.54, 1.807) is 6.33 Å². The third-order valence-electron chi connectivity index (χ3n) is 3.21. The van der Waals surface area contributed by atoms with Crippen LogP contribution in [0, 0.1) is 0 Å². The molecule has 0 spiro atoms. The molecular weight excluding hydrogens is 214 g/mol. The highest BCUT2D eigenvalue weighted by Crippen LogP contribution is 2.37. The first-order valence-corrected chi connectivity index (χ1v) is 5.55. The van der Waals surface area contributed by atoms with Gasteiger partial charge in [-0.2, -0.15) is 0 Å². The average molecular weight is 230 g/mol. The van der Waals surface area contributed by atoms with Crippen LogP contribution in [-0.2, 0) is 12.6 Å². The normalized spacial score (nSPS) is 31.9. The lowest BCUT2D eigenvalue weighted by molar-refractivity contribution is 0.0947. The molecule has 0 saturated heterocycles. The molecule has 15 heavy (non-hydrogen) atoms. The van der Waals surface area contributed by atoms with Crippen molar-refractivity contribution in [2.75, 3.05) is 0 Å². The van der Waals surface area contributed by atoms with E-state index in [9.17, 15) is 5.11 Å². The minimum Gasteiger partial charge on any atom is -0.393 e. The first-order valence-electron chi connectivity index (χ1n) is 5.17. The molecule has 0 aliphatic heterocycles. The average Bonchev–Trinajstić information content (AvgIpc) is 2.52. The largest absolute Gasteiger partial charge is 0.393 e. The van der Waals surface area contributed by atoms with Crippen molar-refractivity contribution in [2.45, 2.75) is 37.3 Å². The Bertz CT molecular complexity index is 336. The summed E-state index contributed by atoms with van der Waals surface area (Å²) in [5, 5.41) is 9.95. The summed E-state index contributed by atoms with van der Waals surface area (Å²) in [5.41, 5.74) is 6.79. The Hall–Kier alpha value is -0.580. The van der Waals surface area contributed by atoms with Crippen LogP contribution in [0.1, 0.15) is 31.4 Å². The summed E-state index contributed by atoms with van der Waals surface area (Å²) >= 11 is 6.03. The number of aliphatic hydroxyl groups is 1. The smallest absolute Gasteiger partial charge is 0.152 e. The van der Waals surface area contributed by atoms with E-state index < -0.39 is 5.54 Å². The fourth-order valence-electron chi connectivity index (χ4n) is 2.31. The van der Waals surface area contributed by atoms with Gasteiger partial charge in [-0.3, -0.25) is 0 Å². The van der Waals surface area contributed by atoms with Crippen LogP contribution in [0.15, 0.2) is 6.33 Å². The molecule has 5 heteroatoms. The van der Waals surface area contributed by atoms with Gasteiger partial charge in [0.25, 0.3) is 0 Å². The van der Waals surface area contributed by atoms with E-state index in [1.807, 2.05) is 11.6 Å². The van der Waals surface area contributed by atoms with Gasteiger partial charge in [-0.15, -0.1) is 0 Å². The third-order valence-corrected chi connectivity index (χ3v) is 3.49. The highest BCUT2D eigenvalue weighted by molar-refractivity contribution is 6.30. The second kappa shape index (κ2) is 3.77. The fourth-order valence-corrected chi connectivity index (χ4v) is 2.68. The van der Waals surface area contributed by atoms with Crippen LogP contribution in [0.2, 0.25) is 5.15 Å². The number of hydrogen-bond donors (Lipinski definition) is 2. The van der Waals surface area contributed by atoms with Crippen molar-refractivity contribution in [1.82, 2.24) is 9.55 Å². The highest BCUT2D eigenvalue weighted by atomic mass is 35.5. The quantitative estimate of drug-likeness (QED) is 0.760. The second-order valence-corrected chi connectivity index (χ2v) is 4.74. The predicted molar refractivity (Wildman–Crippen MR) is 58.6 cm³/mol. The van der Waals surface area contributed by atoms with Crippen molar-refractivity contribution in [3.05, 3.63) is 17.2 Å². The lowest BCUT2D eigenvalue weighted by Crippen LogP contribution is -2.43. The zero-order chi connectivity index (χ0) is 11.1. The van der Waals surface area contributed by atoms with Crippen LogP contribution in [-0.4, -0.2) is 20.8 Å². The summed E-state index contributed by atoms with van der Waals surface area (Å²) in [7, 11) is 1.90. The van der Waals surface area contributed by atoms with E-state index in [2.05, 4.69) is 4.98 Å². The SMILES string of the molecule is Cn1cnc(Cl)c1C1(N)CCC(O)CC1. The van der Waals surface area contributed by atoms with Gasteiger partial charge in [0.05, 0.1) is 23.7 Å². The van der Waals surface area contributed by atoms with Crippen molar-refractivity contribution in [3.63, 3.8) is 0 Å². The highest BCUT2D eigenvalue weighted by Gasteiger charge is 2.36. The monoisotopic (exact) mass is 229 g/mol. The van der Waals surface area contributed by atoms with Gasteiger partial charge in [-0.05, 0) is 25.7 Å². The molecule has 1 fully saturated rings. The summed E-state index contributed by atoms with van der Waals surface area (Å²) < 4.78 is 1.88. The van der Waals surface area contributed by atoms with Crippen LogP contribution in [0.4, 0.5) is 0 Å². The number of nitrogens with zero attached hydrogens (tertiary/aromatic N) is 2. The summed E-state index contributed by atoms with van der Waals surface area (Å²) in [6, 6.07) is 0. The van der Waals surface area contributed by atoms with Gasteiger partial charge in [0.2, 0.25) is 0 Å². The van der Waals surface area contributed by atoms with Crippen molar-refractivity contribution < 1.29 is 5.11 Å². The van der Waals surface area contributed by atoms with Crippen molar-refractivity contribution in [2.24, 2.45) is 12.8 Å². The van der Waals surface area contributed by atoms with Crippen LogP contribution in [0.5, 0.6) is 0 Å². The lowest BCUT2D eigenvalue weighted by atomic mass is 9.79. The van der Waals surface area contributed by atoms with E-state index in [-0.39, 0.29) is 6.10 Å². The number of rotatable bonds is 1. The van der Waals surface area contributed by atoms with Gasteiger partial charge < -0.3 is 15.4 Å². The number of hydrogen-bond acceptors (Lipinski definition) is 3. The molecule has 1 aliphatic rings. The maximum absolute atomic E-state index is 9.47. The molecular formula is C10H16ClN3O. The fraction of sp³-hybridized carbons (Fsp3) is 0.700. The Kier molecular flexibility index (Phi) is 2.75. The zero-order valence-electron chi connectivity index (χ0n) is 8.78. The maximum Gasteiger partial charge on any atom is 0.152 e. The molecule has 1 heterocycles. The van der Waals surface area contributed by atoms with Gasteiger partial charge in [-0.1, -0.05) is 11.6 Å². The second-order valence-electron chi connectivity index (χ2n) is 4.38. The van der Waals surface area contributed by atoms with Crippen molar-refractivity contribution >= 4 is 11.6 Å². The molecule has 4 nitrogen and oxygen atoms in total. The molecule has 0 atom stereocenters. The number of aliphatic hydroxyl groups excluding tert-OH is 1. The Morgan fingerprint density at radius 2 is 2.20 bits per heavy atom. The number of aromatic nitrogens is 2. The Labute approximate surface area is 94.1 Å². The van der Waals surface area contributed by atoms with Crippen LogP contribution < -0.4 is 5.73 Å². The van der Waals surface area contributed by atoms with Crippen LogP contribution >= 0.6 is 11.6 Å². The zero-order valence-corrected chi connectivity index (χ0v) is 9.54. The predicted octanol–water partition coefficient (Wildman–Crippen LogP) is 1.16. The molecule has 1 aromatic rings.